The fourth-order valence-corrected chi connectivity index (χ4v) is 2.04. The Labute approximate surface area is 132 Å². The monoisotopic (exact) mass is 306 g/mol. The second-order valence-electron chi connectivity index (χ2n) is 6.54. The lowest BCUT2D eigenvalue weighted by atomic mass is 9.97. The summed E-state index contributed by atoms with van der Waals surface area (Å²) in [6, 6.07) is 3.46. The first-order valence-corrected chi connectivity index (χ1v) is 7.67. The van der Waals surface area contributed by atoms with Crippen LogP contribution in [-0.4, -0.2) is 25.2 Å². The molecule has 1 rings (SSSR count). The number of hydrogen-bond donors (Lipinski definition) is 0. The van der Waals surface area contributed by atoms with Crippen LogP contribution in [0.25, 0.3) is 0 Å². The van der Waals surface area contributed by atoms with Crippen LogP contribution in [0.4, 0.5) is 0 Å². The molecule has 4 nitrogen and oxygen atoms in total. The number of benzene rings is 1. The van der Waals surface area contributed by atoms with Crippen molar-refractivity contribution in [2.45, 2.75) is 48.0 Å². The van der Waals surface area contributed by atoms with Gasteiger partial charge in [-0.1, -0.05) is 27.7 Å². The molecule has 0 atom stereocenters. The van der Waals surface area contributed by atoms with E-state index in [2.05, 4.69) is 0 Å². The van der Waals surface area contributed by atoms with Crippen molar-refractivity contribution in [3.8, 4) is 0 Å². The Kier molecular flexibility index (Phi) is 6.15. The number of esters is 2. The number of aryl methyl sites for hydroxylation is 2. The molecule has 0 unspecified atom stereocenters. The molecular weight excluding hydrogens is 280 g/mol. The predicted molar refractivity (Wildman–Crippen MR) is 86.3 cm³/mol. The van der Waals surface area contributed by atoms with Gasteiger partial charge < -0.3 is 9.47 Å². The molecule has 0 aromatic heterocycles. The molecule has 0 aliphatic rings. The highest BCUT2D eigenvalue weighted by Crippen LogP contribution is 2.21. The van der Waals surface area contributed by atoms with Gasteiger partial charge in [-0.15, -0.1) is 0 Å². The normalized spacial score (nSPS) is 11.2. The van der Waals surface area contributed by atoms with Crippen LogP contribution in [0.15, 0.2) is 12.1 Å². The molecule has 0 N–H and O–H groups in total. The van der Waals surface area contributed by atoms with E-state index in [0.717, 1.165) is 17.5 Å². The Hall–Kier alpha value is -1.84. The van der Waals surface area contributed by atoms with Crippen LogP contribution in [-0.2, 0) is 15.9 Å². The highest BCUT2D eigenvalue weighted by Gasteiger charge is 2.22. The number of carbonyl (C=O) groups is 2. The summed E-state index contributed by atoms with van der Waals surface area (Å²) in [5, 5.41) is 0. The minimum Gasteiger partial charge on any atom is -0.462 e. The van der Waals surface area contributed by atoms with E-state index >= 15 is 0 Å². The maximum absolute atomic E-state index is 12.3. The third-order valence-electron chi connectivity index (χ3n) is 3.21. The van der Waals surface area contributed by atoms with Crippen molar-refractivity contribution in [3.63, 3.8) is 0 Å². The van der Waals surface area contributed by atoms with Gasteiger partial charge in [-0.05, 0) is 48.9 Å². The summed E-state index contributed by atoms with van der Waals surface area (Å²) in [6.45, 7) is 12.2. The van der Waals surface area contributed by atoms with Gasteiger partial charge in [0.15, 0.2) is 0 Å². The van der Waals surface area contributed by atoms with E-state index in [0.29, 0.717) is 6.61 Å². The van der Waals surface area contributed by atoms with Gasteiger partial charge in [0.25, 0.3) is 0 Å². The second-order valence-corrected chi connectivity index (χ2v) is 6.54. The fourth-order valence-electron chi connectivity index (χ4n) is 2.04. The summed E-state index contributed by atoms with van der Waals surface area (Å²) < 4.78 is 10.4. The molecule has 1 aromatic rings. The topological polar surface area (TPSA) is 52.6 Å². The Bertz CT molecular complexity index is 553. The Morgan fingerprint density at radius 2 is 1.55 bits per heavy atom. The molecule has 0 fully saturated rings. The first kappa shape index (κ1) is 18.2. The highest BCUT2D eigenvalue weighted by molar-refractivity contribution is 6.03. The standard InChI is InChI=1S/C18H26O4/c1-7-13-10-15(16(19)21-8-2)14(9-12(13)3)17(20)22-11-18(4,5)6/h9-10H,7-8,11H2,1-6H3. The van der Waals surface area contributed by atoms with Gasteiger partial charge in [0.2, 0.25) is 0 Å². The van der Waals surface area contributed by atoms with Crippen molar-refractivity contribution in [2.75, 3.05) is 13.2 Å². The average Bonchev–Trinajstić information content (AvgIpc) is 2.43. The molecule has 0 spiro atoms. The molecular formula is C18H26O4. The minimum absolute atomic E-state index is 0.127. The molecule has 1 aromatic carbocycles. The fraction of sp³-hybridized carbons (Fsp3) is 0.556. The van der Waals surface area contributed by atoms with Gasteiger partial charge in [-0.3, -0.25) is 0 Å². The quantitative estimate of drug-likeness (QED) is 0.773. The zero-order valence-corrected chi connectivity index (χ0v) is 14.4. The first-order chi connectivity index (χ1) is 10.2. The van der Waals surface area contributed by atoms with Crippen LogP contribution in [0, 0.1) is 12.3 Å². The van der Waals surface area contributed by atoms with Crippen LogP contribution < -0.4 is 0 Å². The second kappa shape index (κ2) is 7.43. The zero-order chi connectivity index (χ0) is 16.9. The van der Waals surface area contributed by atoms with Crippen molar-refractivity contribution in [1.82, 2.24) is 0 Å². The maximum atomic E-state index is 12.3. The largest absolute Gasteiger partial charge is 0.462 e. The van der Waals surface area contributed by atoms with E-state index in [1.54, 1.807) is 19.1 Å². The number of ether oxygens (including phenoxy) is 2. The molecule has 0 heterocycles. The van der Waals surface area contributed by atoms with Gasteiger partial charge in [-0.25, -0.2) is 9.59 Å². The molecule has 0 radical (unpaired) electrons. The lowest BCUT2D eigenvalue weighted by Gasteiger charge is -2.19. The van der Waals surface area contributed by atoms with E-state index in [1.165, 1.54) is 0 Å². The van der Waals surface area contributed by atoms with Crippen LogP contribution in [0.5, 0.6) is 0 Å². The van der Waals surface area contributed by atoms with Crippen LogP contribution in [0.1, 0.15) is 66.5 Å². The molecule has 0 saturated heterocycles. The van der Waals surface area contributed by atoms with Crippen molar-refractivity contribution >= 4 is 11.9 Å². The van der Waals surface area contributed by atoms with Gasteiger partial charge in [0.05, 0.1) is 24.3 Å². The van der Waals surface area contributed by atoms with Crippen LogP contribution in [0.2, 0.25) is 0 Å². The van der Waals surface area contributed by atoms with E-state index < -0.39 is 11.9 Å². The molecule has 122 valence electrons. The summed E-state index contributed by atoms with van der Waals surface area (Å²) in [4.78, 5) is 24.5. The highest BCUT2D eigenvalue weighted by atomic mass is 16.5. The zero-order valence-electron chi connectivity index (χ0n) is 14.4. The molecule has 4 heteroatoms. The Morgan fingerprint density at radius 3 is 2.05 bits per heavy atom. The molecule has 0 aliphatic carbocycles. The summed E-state index contributed by atoms with van der Waals surface area (Å²) in [5.41, 5.74) is 2.42. The Balaban J connectivity index is 3.18. The third kappa shape index (κ3) is 4.86. The minimum atomic E-state index is -0.486. The van der Waals surface area contributed by atoms with Crippen molar-refractivity contribution < 1.29 is 19.1 Å². The summed E-state index contributed by atoms with van der Waals surface area (Å²) in [6.07, 6.45) is 0.787. The number of hydrogen-bond acceptors (Lipinski definition) is 4. The smallest absolute Gasteiger partial charge is 0.339 e. The average molecular weight is 306 g/mol. The molecule has 0 bridgehead atoms. The van der Waals surface area contributed by atoms with Crippen molar-refractivity contribution in [2.24, 2.45) is 5.41 Å². The molecule has 0 amide bonds. The first-order valence-electron chi connectivity index (χ1n) is 7.67. The number of carbonyl (C=O) groups excluding carboxylic acids is 2. The van der Waals surface area contributed by atoms with Gasteiger partial charge in [-0.2, -0.15) is 0 Å². The molecule has 22 heavy (non-hydrogen) atoms. The summed E-state index contributed by atoms with van der Waals surface area (Å²) >= 11 is 0. The van der Waals surface area contributed by atoms with E-state index in [1.807, 2.05) is 34.6 Å². The van der Waals surface area contributed by atoms with E-state index in [-0.39, 0.29) is 23.1 Å². The van der Waals surface area contributed by atoms with Gasteiger partial charge >= 0.3 is 11.9 Å². The Morgan fingerprint density at radius 1 is 1.00 bits per heavy atom. The summed E-state index contributed by atoms with van der Waals surface area (Å²) in [5.74, 6) is -0.969. The SMILES string of the molecule is CCOC(=O)c1cc(CC)c(C)cc1C(=O)OCC(C)(C)C. The van der Waals surface area contributed by atoms with Gasteiger partial charge in [0, 0.05) is 0 Å². The van der Waals surface area contributed by atoms with Crippen LogP contribution >= 0.6 is 0 Å². The van der Waals surface area contributed by atoms with Crippen molar-refractivity contribution in [3.05, 3.63) is 34.4 Å². The van der Waals surface area contributed by atoms with Gasteiger partial charge in [0.1, 0.15) is 0 Å². The molecule has 0 saturated carbocycles. The maximum Gasteiger partial charge on any atom is 0.339 e. The molecule has 0 aliphatic heterocycles. The van der Waals surface area contributed by atoms with Crippen molar-refractivity contribution in [1.29, 1.82) is 0 Å². The lowest BCUT2D eigenvalue weighted by molar-refractivity contribution is 0.0354. The van der Waals surface area contributed by atoms with Crippen LogP contribution in [0.3, 0.4) is 0 Å². The predicted octanol–water partition coefficient (Wildman–Crippen LogP) is 3.94. The summed E-state index contributed by atoms with van der Waals surface area (Å²) in [7, 11) is 0. The lowest BCUT2D eigenvalue weighted by Crippen LogP contribution is -2.21. The van der Waals surface area contributed by atoms with E-state index in [4.69, 9.17) is 9.47 Å². The third-order valence-corrected chi connectivity index (χ3v) is 3.21. The van der Waals surface area contributed by atoms with E-state index in [9.17, 15) is 9.59 Å². The number of rotatable bonds is 5.